The van der Waals surface area contributed by atoms with Crippen LogP contribution in [0.25, 0.3) is 10.6 Å². The van der Waals surface area contributed by atoms with Gasteiger partial charge >= 0.3 is 12.0 Å². The minimum Gasteiger partial charge on any atom is -0.477 e. The van der Waals surface area contributed by atoms with Crippen molar-refractivity contribution in [3.63, 3.8) is 0 Å². The number of urea groups is 1. The van der Waals surface area contributed by atoms with Crippen LogP contribution in [0.2, 0.25) is 0 Å². The van der Waals surface area contributed by atoms with Gasteiger partial charge in [0.05, 0.1) is 6.20 Å². The molecule has 0 atom stereocenters. The molecule has 2 aromatic rings. The third kappa shape index (κ3) is 3.26. The minimum atomic E-state index is -1.02. The molecular formula is C11H11N5O3S. The Morgan fingerprint density at radius 2 is 1.95 bits per heavy atom. The minimum absolute atomic E-state index is 0.143. The molecule has 0 spiro atoms. The smallest absolute Gasteiger partial charge is 0.347 e. The molecule has 2 aromatic heterocycles. The highest BCUT2D eigenvalue weighted by Crippen LogP contribution is 2.24. The van der Waals surface area contributed by atoms with E-state index < -0.39 is 5.97 Å². The maximum atomic E-state index is 11.3. The Bertz CT molecular complexity index is 625. The second-order valence-corrected chi connectivity index (χ2v) is 4.65. The lowest BCUT2D eigenvalue weighted by atomic mass is 10.4. The van der Waals surface area contributed by atoms with E-state index in [2.05, 4.69) is 25.6 Å². The standard InChI is InChI=1S/C11H11N5O3S/c1-2-12-11(19)16-10-14-3-6(4-15-10)8-13-5-7(20-8)9(17)18/h3-5H,2H2,1H3,(H,17,18)(H2,12,14,15,16,19). The van der Waals surface area contributed by atoms with Crippen LogP contribution in [0.15, 0.2) is 18.6 Å². The Hall–Kier alpha value is -2.55. The second-order valence-electron chi connectivity index (χ2n) is 3.61. The number of carboxylic acids is 1. The first-order valence-electron chi connectivity index (χ1n) is 5.66. The quantitative estimate of drug-likeness (QED) is 0.785. The Labute approximate surface area is 117 Å². The zero-order valence-electron chi connectivity index (χ0n) is 10.5. The number of nitrogens with one attached hydrogen (secondary N) is 2. The highest BCUT2D eigenvalue weighted by atomic mass is 32.1. The van der Waals surface area contributed by atoms with Crippen LogP contribution in [-0.2, 0) is 0 Å². The van der Waals surface area contributed by atoms with Crippen LogP contribution in [-0.4, -0.2) is 38.6 Å². The van der Waals surface area contributed by atoms with Gasteiger partial charge in [0.25, 0.3) is 0 Å². The van der Waals surface area contributed by atoms with Crippen LogP contribution in [0, 0.1) is 0 Å². The zero-order valence-corrected chi connectivity index (χ0v) is 11.3. The summed E-state index contributed by atoms with van der Waals surface area (Å²) in [4.78, 5) is 34.1. The molecule has 0 fully saturated rings. The average molecular weight is 293 g/mol. The molecule has 0 aliphatic carbocycles. The maximum Gasteiger partial charge on any atom is 0.347 e. The summed E-state index contributed by atoms with van der Waals surface area (Å²) in [6.45, 7) is 2.30. The van der Waals surface area contributed by atoms with Crippen molar-refractivity contribution >= 4 is 29.3 Å². The van der Waals surface area contributed by atoms with Gasteiger partial charge < -0.3 is 10.4 Å². The SMILES string of the molecule is CCNC(=O)Nc1ncc(-c2ncc(C(=O)O)s2)cn1. The fourth-order valence-electron chi connectivity index (χ4n) is 1.32. The van der Waals surface area contributed by atoms with Gasteiger partial charge in [-0.15, -0.1) is 11.3 Å². The van der Waals surface area contributed by atoms with Gasteiger partial charge in [-0.05, 0) is 6.92 Å². The Kier molecular flexibility index (Phi) is 4.20. The van der Waals surface area contributed by atoms with Crippen molar-refractivity contribution in [2.45, 2.75) is 6.92 Å². The van der Waals surface area contributed by atoms with E-state index in [1.807, 2.05) is 0 Å². The lowest BCUT2D eigenvalue weighted by molar-refractivity contribution is 0.0702. The molecule has 0 saturated heterocycles. The Morgan fingerprint density at radius 3 is 2.50 bits per heavy atom. The third-order valence-electron chi connectivity index (χ3n) is 2.18. The van der Waals surface area contributed by atoms with Gasteiger partial charge in [0.2, 0.25) is 5.95 Å². The number of carbonyl (C=O) groups excluding carboxylic acids is 1. The second kappa shape index (κ2) is 6.06. The fourth-order valence-corrected chi connectivity index (χ4v) is 2.05. The molecule has 0 aromatic carbocycles. The van der Waals surface area contributed by atoms with Crippen LogP contribution in [0.5, 0.6) is 0 Å². The van der Waals surface area contributed by atoms with E-state index in [0.717, 1.165) is 11.3 Å². The number of carbonyl (C=O) groups is 2. The first kappa shape index (κ1) is 13.9. The number of carboxylic acid groups (broad SMARTS) is 1. The molecule has 0 radical (unpaired) electrons. The Morgan fingerprint density at radius 1 is 1.25 bits per heavy atom. The number of anilines is 1. The summed E-state index contributed by atoms with van der Waals surface area (Å²) >= 11 is 1.03. The van der Waals surface area contributed by atoms with Gasteiger partial charge in [0.15, 0.2) is 0 Å². The van der Waals surface area contributed by atoms with E-state index in [1.54, 1.807) is 6.92 Å². The fraction of sp³-hybridized carbons (Fsp3) is 0.182. The largest absolute Gasteiger partial charge is 0.477 e. The summed E-state index contributed by atoms with van der Waals surface area (Å²) in [5.74, 6) is -0.862. The molecule has 3 N–H and O–H groups in total. The van der Waals surface area contributed by atoms with Crippen LogP contribution in [0.4, 0.5) is 10.7 Å². The van der Waals surface area contributed by atoms with Crippen LogP contribution in [0.3, 0.4) is 0 Å². The first-order valence-corrected chi connectivity index (χ1v) is 6.48. The van der Waals surface area contributed by atoms with E-state index in [-0.39, 0.29) is 16.9 Å². The molecule has 2 heterocycles. The van der Waals surface area contributed by atoms with Gasteiger partial charge in [-0.3, -0.25) is 5.32 Å². The van der Waals surface area contributed by atoms with Crippen LogP contribution < -0.4 is 10.6 Å². The number of nitrogens with zero attached hydrogens (tertiary/aromatic N) is 3. The summed E-state index contributed by atoms with van der Waals surface area (Å²) in [6, 6.07) is -0.386. The van der Waals surface area contributed by atoms with Crippen molar-refractivity contribution in [2.75, 3.05) is 11.9 Å². The van der Waals surface area contributed by atoms with Crippen molar-refractivity contribution in [3.8, 4) is 10.6 Å². The van der Waals surface area contributed by atoms with Crippen molar-refractivity contribution in [3.05, 3.63) is 23.5 Å². The highest BCUT2D eigenvalue weighted by molar-refractivity contribution is 7.16. The van der Waals surface area contributed by atoms with Crippen molar-refractivity contribution in [1.29, 1.82) is 0 Å². The molecule has 0 unspecified atom stereocenters. The molecule has 104 valence electrons. The summed E-state index contributed by atoms with van der Waals surface area (Å²) < 4.78 is 0. The molecule has 0 aliphatic heterocycles. The lowest BCUT2D eigenvalue weighted by Crippen LogP contribution is -2.28. The number of aromatic carboxylic acids is 1. The first-order chi connectivity index (χ1) is 9.60. The van der Waals surface area contributed by atoms with Crippen molar-refractivity contribution < 1.29 is 14.7 Å². The van der Waals surface area contributed by atoms with E-state index in [4.69, 9.17) is 5.11 Å². The predicted molar refractivity (Wildman–Crippen MR) is 72.8 cm³/mol. The molecular weight excluding hydrogens is 282 g/mol. The van der Waals surface area contributed by atoms with E-state index >= 15 is 0 Å². The molecule has 8 nitrogen and oxygen atoms in total. The van der Waals surface area contributed by atoms with Gasteiger partial charge in [-0.1, -0.05) is 0 Å². The van der Waals surface area contributed by atoms with Gasteiger partial charge in [0, 0.05) is 24.5 Å². The summed E-state index contributed by atoms with van der Waals surface area (Å²) in [6.07, 6.45) is 4.22. The maximum absolute atomic E-state index is 11.3. The third-order valence-corrected chi connectivity index (χ3v) is 3.21. The highest BCUT2D eigenvalue weighted by Gasteiger charge is 2.11. The van der Waals surface area contributed by atoms with E-state index in [1.165, 1.54) is 18.6 Å². The van der Waals surface area contributed by atoms with Gasteiger partial charge in [-0.25, -0.2) is 24.5 Å². The Balaban J connectivity index is 2.11. The number of thiazole rings is 1. The van der Waals surface area contributed by atoms with Crippen LogP contribution >= 0.6 is 11.3 Å². The summed E-state index contributed by atoms with van der Waals surface area (Å²) in [5.41, 5.74) is 0.587. The number of amides is 2. The molecule has 0 aliphatic rings. The topological polar surface area (TPSA) is 117 Å². The average Bonchev–Trinajstić information content (AvgIpc) is 2.89. The number of hydrogen-bond acceptors (Lipinski definition) is 6. The summed E-state index contributed by atoms with van der Waals surface area (Å²) in [7, 11) is 0. The molecule has 20 heavy (non-hydrogen) atoms. The zero-order chi connectivity index (χ0) is 14.5. The van der Waals surface area contributed by atoms with Gasteiger partial charge in [0.1, 0.15) is 9.88 Å². The normalized spacial score (nSPS) is 10.1. The lowest BCUT2D eigenvalue weighted by Gasteiger charge is -2.03. The van der Waals surface area contributed by atoms with Crippen LogP contribution in [0.1, 0.15) is 16.6 Å². The van der Waals surface area contributed by atoms with Crippen molar-refractivity contribution in [2.24, 2.45) is 0 Å². The van der Waals surface area contributed by atoms with Crippen molar-refractivity contribution in [1.82, 2.24) is 20.3 Å². The van der Waals surface area contributed by atoms with E-state index in [9.17, 15) is 9.59 Å². The molecule has 0 bridgehead atoms. The molecule has 9 heteroatoms. The summed E-state index contributed by atoms with van der Waals surface area (Å²) in [5, 5.41) is 14.3. The van der Waals surface area contributed by atoms with Gasteiger partial charge in [-0.2, -0.15) is 0 Å². The molecule has 2 rings (SSSR count). The number of hydrogen-bond donors (Lipinski definition) is 3. The molecule has 0 saturated carbocycles. The predicted octanol–water partition coefficient (Wildman–Crippen LogP) is 1.44. The monoisotopic (exact) mass is 293 g/mol. The number of aromatic nitrogens is 3. The number of rotatable bonds is 4. The van der Waals surface area contributed by atoms with E-state index in [0.29, 0.717) is 17.1 Å². The molecule has 2 amide bonds.